The van der Waals surface area contributed by atoms with Crippen molar-refractivity contribution < 1.29 is 9.47 Å². The van der Waals surface area contributed by atoms with Gasteiger partial charge in [-0.05, 0) is 55.1 Å². The van der Waals surface area contributed by atoms with Gasteiger partial charge in [0, 0.05) is 44.7 Å². The third-order valence-corrected chi connectivity index (χ3v) is 7.35. The molecule has 2 aromatic carbocycles. The molecule has 1 fully saturated rings. The van der Waals surface area contributed by atoms with Crippen LogP contribution in [0.2, 0.25) is 10.0 Å². The van der Waals surface area contributed by atoms with Crippen LogP contribution in [0.25, 0.3) is 10.9 Å². The van der Waals surface area contributed by atoms with Gasteiger partial charge in [-0.15, -0.1) is 0 Å². The van der Waals surface area contributed by atoms with Crippen molar-refractivity contribution in [2.45, 2.75) is 32.9 Å². The summed E-state index contributed by atoms with van der Waals surface area (Å²) in [4.78, 5) is 17.2. The molecule has 3 aromatic rings. The van der Waals surface area contributed by atoms with E-state index in [0.717, 1.165) is 67.9 Å². The summed E-state index contributed by atoms with van der Waals surface area (Å²) in [7, 11) is 0. The first kappa shape index (κ1) is 26.4. The summed E-state index contributed by atoms with van der Waals surface area (Å²) < 4.78 is 13.3. The molecule has 1 saturated heterocycles. The minimum atomic E-state index is -0.110. The molecule has 6 nitrogen and oxygen atoms in total. The number of piperazine rings is 1. The van der Waals surface area contributed by atoms with Crippen LogP contribution in [0.4, 0.5) is 5.69 Å². The fourth-order valence-corrected chi connectivity index (χ4v) is 4.74. The van der Waals surface area contributed by atoms with Crippen LogP contribution in [0.1, 0.15) is 26.2 Å². The van der Waals surface area contributed by atoms with E-state index in [2.05, 4.69) is 16.4 Å². The van der Waals surface area contributed by atoms with E-state index in [9.17, 15) is 4.79 Å². The zero-order chi connectivity index (χ0) is 25.5. The lowest BCUT2D eigenvalue weighted by Gasteiger charge is -2.36. The van der Waals surface area contributed by atoms with Crippen LogP contribution in [-0.4, -0.2) is 48.8 Å². The zero-order valence-electron chi connectivity index (χ0n) is 20.7. The summed E-state index contributed by atoms with van der Waals surface area (Å²) in [5.74, 6) is 1.41. The first-order valence-electron chi connectivity index (χ1n) is 12.4. The van der Waals surface area contributed by atoms with Gasteiger partial charge in [-0.25, -0.2) is 0 Å². The summed E-state index contributed by atoms with van der Waals surface area (Å²) >= 11 is 12.6. The van der Waals surface area contributed by atoms with Gasteiger partial charge in [0.2, 0.25) is 0 Å². The molecule has 0 atom stereocenters. The quantitative estimate of drug-likeness (QED) is 0.219. The van der Waals surface area contributed by atoms with Gasteiger partial charge in [0.05, 0.1) is 33.6 Å². The molecule has 0 N–H and O–H groups in total. The number of allylic oxidation sites excluding steroid dienone is 1. The number of benzene rings is 2. The number of hydrogen-bond donors (Lipinski definition) is 0. The fraction of sp³-hybridized carbons (Fsp3) is 0.393. The summed E-state index contributed by atoms with van der Waals surface area (Å²) in [6.45, 7) is 11.5. The van der Waals surface area contributed by atoms with Gasteiger partial charge in [-0.3, -0.25) is 14.3 Å². The van der Waals surface area contributed by atoms with E-state index in [-0.39, 0.29) is 12.3 Å². The minimum Gasteiger partial charge on any atom is -0.494 e. The van der Waals surface area contributed by atoms with Crippen LogP contribution in [0.5, 0.6) is 5.75 Å². The topological polar surface area (TPSA) is 46.9 Å². The van der Waals surface area contributed by atoms with Crippen molar-refractivity contribution in [1.82, 2.24) is 9.47 Å². The predicted molar refractivity (Wildman–Crippen MR) is 149 cm³/mol. The summed E-state index contributed by atoms with van der Waals surface area (Å²) in [5, 5.41) is 2.20. The van der Waals surface area contributed by atoms with E-state index in [4.69, 9.17) is 32.7 Å². The Balaban J connectivity index is 1.23. The normalized spacial score (nSPS) is 14.2. The highest BCUT2D eigenvalue weighted by atomic mass is 35.5. The molecule has 2 heterocycles. The lowest BCUT2D eigenvalue weighted by molar-refractivity contribution is 0.140. The van der Waals surface area contributed by atoms with Gasteiger partial charge in [0.15, 0.2) is 6.73 Å². The number of pyridine rings is 1. The molecule has 0 radical (unpaired) electrons. The molecular weight excluding hydrogens is 497 g/mol. The molecule has 1 aliphatic rings. The first-order chi connectivity index (χ1) is 17.5. The Bertz CT molecular complexity index is 1250. The van der Waals surface area contributed by atoms with E-state index in [1.54, 1.807) is 10.6 Å². The highest BCUT2D eigenvalue weighted by Crippen LogP contribution is 2.32. The summed E-state index contributed by atoms with van der Waals surface area (Å²) in [6, 6.07) is 15.0. The Morgan fingerprint density at radius 3 is 2.58 bits per heavy atom. The number of rotatable bonds is 11. The number of fused-ring (bicyclic) bond motifs is 1. The van der Waals surface area contributed by atoms with Gasteiger partial charge < -0.3 is 14.4 Å². The van der Waals surface area contributed by atoms with Crippen LogP contribution in [0.15, 0.2) is 65.7 Å². The molecule has 1 aromatic heterocycles. The maximum absolute atomic E-state index is 12.4. The molecule has 0 unspecified atom stereocenters. The molecule has 0 bridgehead atoms. The van der Waals surface area contributed by atoms with Crippen molar-refractivity contribution in [2.24, 2.45) is 0 Å². The maximum Gasteiger partial charge on any atom is 0.253 e. The third kappa shape index (κ3) is 6.55. The molecule has 4 rings (SSSR count). The highest BCUT2D eigenvalue weighted by molar-refractivity contribution is 6.43. The average Bonchev–Trinajstić information content (AvgIpc) is 2.89. The molecule has 192 valence electrons. The van der Waals surface area contributed by atoms with Gasteiger partial charge >= 0.3 is 0 Å². The average molecular weight is 530 g/mol. The zero-order valence-corrected chi connectivity index (χ0v) is 22.2. The Hall–Kier alpha value is -2.67. The molecule has 1 aliphatic heterocycles. The number of unbranched alkanes of at least 4 members (excludes halogenated alkanes) is 1. The van der Waals surface area contributed by atoms with Gasteiger partial charge in [-0.2, -0.15) is 0 Å². The third-order valence-electron chi connectivity index (χ3n) is 6.54. The van der Waals surface area contributed by atoms with Crippen LogP contribution >= 0.6 is 23.2 Å². The molecule has 0 aliphatic carbocycles. The van der Waals surface area contributed by atoms with Gasteiger partial charge in [0.25, 0.3) is 5.56 Å². The van der Waals surface area contributed by atoms with E-state index in [1.165, 1.54) is 0 Å². The maximum atomic E-state index is 12.4. The Kier molecular flexibility index (Phi) is 9.19. The standard InChI is InChI=1S/C28H33Cl2N3O3/c1-3-21(2)36-20-33-26-19-23(11-9-22(26)10-12-27(33)34)35-18-5-4-13-31-14-16-32(17-15-31)25-8-6-7-24(29)28(25)30/h6-12,19H,2-5,13-18,20H2,1H3. The number of halogens is 2. The van der Waals surface area contributed by atoms with Crippen molar-refractivity contribution in [2.75, 3.05) is 44.2 Å². The molecule has 8 heteroatoms. The van der Waals surface area contributed by atoms with E-state index >= 15 is 0 Å². The van der Waals surface area contributed by atoms with Crippen molar-refractivity contribution in [3.8, 4) is 5.75 Å². The van der Waals surface area contributed by atoms with Crippen molar-refractivity contribution >= 4 is 39.8 Å². The molecular formula is C28H33Cl2N3O3. The van der Waals surface area contributed by atoms with Crippen molar-refractivity contribution in [3.63, 3.8) is 0 Å². The molecule has 0 saturated carbocycles. The van der Waals surface area contributed by atoms with Crippen molar-refractivity contribution in [3.05, 3.63) is 81.3 Å². The SMILES string of the molecule is C=C(CC)OCn1c(=O)ccc2ccc(OCCCCN3CCN(c4cccc(Cl)c4Cl)CC3)cc21. The predicted octanol–water partition coefficient (Wildman–Crippen LogP) is 6.19. The second kappa shape index (κ2) is 12.5. The smallest absolute Gasteiger partial charge is 0.253 e. The monoisotopic (exact) mass is 529 g/mol. The van der Waals surface area contributed by atoms with E-state index in [0.29, 0.717) is 28.8 Å². The number of hydrogen-bond acceptors (Lipinski definition) is 5. The number of anilines is 1. The molecule has 0 amide bonds. The number of ether oxygens (including phenoxy) is 2. The van der Waals surface area contributed by atoms with Crippen molar-refractivity contribution in [1.29, 1.82) is 0 Å². The van der Waals surface area contributed by atoms with Crippen LogP contribution in [0, 0.1) is 0 Å². The molecule has 36 heavy (non-hydrogen) atoms. The number of aromatic nitrogens is 1. The Morgan fingerprint density at radius 2 is 1.81 bits per heavy atom. The summed E-state index contributed by atoms with van der Waals surface area (Å²) in [6.07, 6.45) is 2.72. The van der Waals surface area contributed by atoms with E-state index in [1.807, 2.05) is 49.4 Å². The van der Waals surface area contributed by atoms with Gasteiger partial charge in [0.1, 0.15) is 5.75 Å². The lowest BCUT2D eigenvalue weighted by Crippen LogP contribution is -2.46. The second-order valence-electron chi connectivity index (χ2n) is 8.94. The lowest BCUT2D eigenvalue weighted by atomic mass is 10.2. The van der Waals surface area contributed by atoms with Crippen LogP contribution in [0.3, 0.4) is 0 Å². The van der Waals surface area contributed by atoms with E-state index < -0.39 is 0 Å². The second-order valence-corrected chi connectivity index (χ2v) is 9.73. The largest absolute Gasteiger partial charge is 0.494 e. The molecule has 0 spiro atoms. The van der Waals surface area contributed by atoms with Gasteiger partial charge in [-0.1, -0.05) is 42.8 Å². The van der Waals surface area contributed by atoms with Crippen LogP contribution < -0.4 is 15.2 Å². The van der Waals surface area contributed by atoms with Crippen LogP contribution in [-0.2, 0) is 11.5 Å². The number of nitrogens with zero attached hydrogens (tertiary/aromatic N) is 3. The fourth-order valence-electron chi connectivity index (χ4n) is 4.33. The minimum absolute atomic E-state index is 0.110. The Labute approximate surface area is 222 Å². The summed E-state index contributed by atoms with van der Waals surface area (Å²) in [5.41, 5.74) is 1.70. The first-order valence-corrected chi connectivity index (χ1v) is 13.2. The highest BCUT2D eigenvalue weighted by Gasteiger charge is 2.19. The Morgan fingerprint density at radius 1 is 1.03 bits per heavy atom.